The molecule has 2 saturated heterocycles. The molecular formula is C20H33ClN4O4. The van der Waals surface area contributed by atoms with Gasteiger partial charge in [0.05, 0.1) is 19.8 Å². The van der Waals surface area contributed by atoms with Crippen molar-refractivity contribution in [2.24, 2.45) is 0 Å². The highest BCUT2D eigenvalue weighted by molar-refractivity contribution is 5.85. The molecule has 2 aliphatic heterocycles. The number of morpholine rings is 1. The van der Waals surface area contributed by atoms with Crippen molar-refractivity contribution >= 4 is 24.3 Å². The van der Waals surface area contributed by atoms with Crippen LogP contribution in [0.3, 0.4) is 0 Å². The van der Waals surface area contributed by atoms with Crippen LogP contribution in [0.1, 0.15) is 38.4 Å². The molecule has 0 aliphatic carbocycles. The van der Waals surface area contributed by atoms with Crippen molar-refractivity contribution in [3.05, 3.63) is 18.2 Å². The van der Waals surface area contributed by atoms with Gasteiger partial charge in [0, 0.05) is 57.5 Å². The molecule has 1 aromatic rings. The van der Waals surface area contributed by atoms with Crippen LogP contribution in [0.2, 0.25) is 0 Å². The van der Waals surface area contributed by atoms with Crippen molar-refractivity contribution in [2.75, 3.05) is 46.0 Å². The number of likely N-dealkylation sites (tertiary alicyclic amines) is 1. The van der Waals surface area contributed by atoms with Gasteiger partial charge in [0.2, 0.25) is 5.91 Å². The van der Waals surface area contributed by atoms with Gasteiger partial charge in [-0.25, -0.2) is 4.98 Å². The number of amides is 1. The lowest BCUT2D eigenvalue weighted by molar-refractivity contribution is -0.144. The maximum atomic E-state index is 12.6. The summed E-state index contributed by atoms with van der Waals surface area (Å²) in [6.45, 7) is 7.82. The molecular weight excluding hydrogens is 396 g/mol. The SMILES string of the molecule is CCCOC(=O)Cn1ccnc1CCC(=O)N1CCC(N2CCOCC2)CC1.Cl. The number of piperidine rings is 1. The zero-order valence-corrected chi connectivity index (χ0v) is 18.1. The quantitative estimate of drug-likeness (QED) is 0.584. The van der Waals surface area contributed by atoms with Crippen LogP contribution in [0, 0.1) is 0 Å². The average molecular weight is 429 g/mol. The van der Waals surface area contributed by atoms with Crippen LogP contribution in [0.5, 0.6) is 0 Å². The van der Waals surface area contributed by atoms with Crippen molar-refractivity contribution in [1.29, 1.82) is 0 Å². The third-order valence-electron chi connectivity index (χ3n) is 5.51. The van der Waals surface area contributed by atoms with E-state index in [0.717, 1.165) is 64.5 Å². The summed E-state index contributed by atoms with van der Waals surface area (Å²) >= 11 is 0. The number of hydrogen-bond donors (Lipinski definition) is 0. The molecule has 0 unspecified atom stereocenters. The van der Waals surface area contributed by atoms with Crippen LogP contribution in [-0.4, -0.2) is 83.3 Å². The molecule has 0 radical (unpaired) electrons. The van der Waals surface area contributed by atoms with Crippen LogP contribution in [0.15, 0.2) is 12.4 Å². The molecule has 1 amide bonds. The molecule has 2 fully saturated rings. The topological polar surface area (TPSA) is 76.9 Å². The Morgan fingerprint density at radius 1 is 1.21 bits per heavy atom. The molecule has 0 spiro atoms. The number of ether oxygens (including phenoxy) is 2. The summed E-state index contributed by atoms with van der Waals surface area (Å²) in [6, 6.07) is 0.570. The number of halogens is 1. The molecule has 3 rings (SSSR count). The number of hydrogen-bond acceptors (Lipinski definition) is 6. The standard InChI is InChI=1S/C20H32N4O4.ClH/c1-2-13-28-20(26)16-24-10-7-21-18(24)3-4-19(25)23-8-5-17(6-9-23)22-11-14-27-15-12-22;/h7,10,17H,2-6,8-9,11-16H2,1H3;1H. The molecule has 1 aromatic heterocycles. The molecule has 29 heavy (non-hydrogen) atoms. The Kier molecular flexibility index (Phi) is 9.90. The first-order valence-corrected chi connectivity index (χ1v) is 10.4. The maximum Gasteiger partial charge on any atom is 0.325 e. The molecule has 0 N–H and O–H groups in total. The van der Waals surface area contributed by atoms with Gasteiger partial charge in [-0.3, -0.25) is 14.5 Å². The van der Waals surface area contributed by atoms with E-state index < -0.39 is 0 Å². The molecule has 0 saturated carbocycles. The predicted molar refractivity (Wildman–Crippen MR) is 111 cm³/mol. The van der Waals surface area contributed by atoms with Crippen LogP contribution in [0.25, 0.3) is 0 Å². The van der Waals surface area contributed by atoms with E-state index >= 15 is 0 Å². The van der Waals surface area contributed by atoms with Gasteiger partial charge in [-0.1, -0.05) is 6.92 Å². The maximum absolute atomic E-state index is 12.6. The highest BCUT2D eigenvalue weighted by Crippen LogP contribution is 2.18. The zero-order chi connectivity index (χ0) is 19.8. The van der Waals surface area contributed by atoms with Gasteiger partial charge >= 0.3 is 5.97 Å². The molecule has 0 aromatic carbocycles. The van der Waals surface area contributed by atoms with E-state index in [0.29, 0.717) is 25.5 Å². The van der Waals surface area contributed by atoms with E-state index in [1.165, 1.54) is 0 Å². The minimum Gasteiger partial charge on any atom is -0.464 e. The van der Waals surface area contributed by atoms with Gasteiger partial charge in [-0.15, -0.1) is 12.4 Å². The summed E-state index contributed by atoms with van der Waals surface area (Å²) in [6.07, 6.45) is 7.26. The van der Waals surface area contributed by atoms with Crippen molar-refractivity contribution < 1.29 is 19.1 Å². The molecule has 9 heteroatoms. The van der Waals surface area contributed by atoms with E-state index in [1.54, 1.807) is 17.0 Å². The summed E-state index contributed by atoms with van der Waals surface area (Å²) < 4.78 is 12.3. The van der Waals surface area contributed by atoms with E-state index in [2.05, 4.69) is 9.88 Å². The summed E-state index contributed by atoms with van der Waals surface area (Å²) in [5.41, 5.74) is 0. The van der Waals surface area contributed by atoms with Crippen LogP contribution < -0.4 is 0 Å². The Bertz CT molecular complexity index is 640. The molecule has 164 valence electrons. The fraction of sp³-hybridized carbons (Fsp3) is 0.750. The number of aromatic nitrogens is 2. The Hall–Kier alpha value is -1.64. The van der Waals surface area contributed by atoms with Crippen LogP contribution in [0.4, 0.5) is 0 Å². The first kappa shape index (κ1) is 23.6. The first-order valence-electron chi connectivity index (χ1n) is 10.4. The predicted octanol–water partition coefficient (Wildman–Crippen LogP) is 1.51. The first-order chi connectivity index (χ1) is 13.7. The Morgan fingerprint density at radius 3 is 2.62 bits per heavy atom. The van der Waals surface area contributed by atoms with E-state index in [1.807, 2.05) is 11.8 Å². The van der Waals surface area contributed by atoms with E-state index in [-0.39, 0.29) is 30.8 Å². The fourth-order valence-corrected chi connectivity index (χ4v) is 3.91. The molecule has 0 atom stereocenters. The molecule has 3 heterocycles. The second kappa shape index (κ2) is 12.1. The number of carbonyl (C=O) groups excluding carboxylic acids is 2. The Labute approximate surface area is 178 Å². The summed E-state index contributed by atoms with van der Waals surface area (Å²) in [5, 5.41) is 0. The van der Waals surface area contributed by atoms with Gasteiger partial charge in [0.1, 0.15) is 12.4 Å². The van der Waals surface area contributed by atoms with Crippen molar-refractivity contribution in [2.45, 2.75) is 51.6 Å². The number of imidazole rings is 1. The highest BCUT2D eigenvalue weighted by Gasteiger charge is 2.27. The Morgan fingerprint density at radius 2 is 1.93 bits per heavy atom. The Balaban J connectivity index is 0.00000300. The second-order valence-corrected chi connectivity index (χ2v) is 7.45. The zero-order valence-electron chi connectivity index (χ0n) is 17.3. The normalized spacial score (nSPS) is 18.3. The van der Waals surface area contributed by atoms with Crippen molar-refractivity contribution in [1.82, 2.24) is 19.4 Å². The third-order valence-corrected chi connectivity index (χ3v) is 5.51. The van der Waals surface area contributed by atoms with Gasteiger partial charge < -0.3 is 18.9 Å². The lowest BCUT2D eigenvalue weighted by Crippen LogP contribution is -2.50. The number of rotatable bonds is 8. The van der Waals surface area contributed by atoms with E-state index in [4.69, 9.17) is 9.47 Å². The lowest BCUT2D eigenvalue weighted by Gasteiger charge is -2.40. The minimum atomic E-state index is -0.266. The molecule has 2 aliphatic rings. The highest BCUT2D eigenvalue weighted by atomic mass is 35.5. The molecule has 0 bridgehead atoms. The lowest BCUT2D eigenvalue weighted by atomic mass is 10.0. The monoisotopic (exact) mass is 428 g/mol. The minimum absolute atomic E-state index is 0. The third kappa shape index (κ3) is 6.97. The van der Waals surface area contributed by atoms with Crippen LogP contribution in [-0.2, 0) is 32.0 Å². The summed E-state index contributed by atoms with van der Waals surface area (Å²) in [5.74, 6) is 0.658. The fourth-order valence-electron chi connectivity index (χ4n) is 3.91. The summed E-state index contributed by atoms with van der Waals surface area (Å²) in [4.78, 5) is 33.2. The average Bonchev–Trinajstić information content (AvgIpc) is 3.18. The van der Waals surface area contributed by atoms with Crippen molar-refractivity contribution in [3.8, 4) is 0 Å². The van der Waals surface area contributed by atoms with Gasteiger partial charge in [-0.05, 0) is 19.3 Å². The van der Waals surface area contributed by atoms with E-state index in [9.17, 15) is 9.59 Å². The number of esters is 1. The largest absolute Gasteiger partial charge is 0.464 e. The van der Waals surface area contributed by atoms with Gasteiger partial charge in [0.25, 0.3) is 0 Å². The summed E-state index contributed by atoms with van der Waals surface area (Å²) in [7, 11) is 0. The van der Waals surface area contributed by atoms with Crippen molar-refractivity contribution in [3.63, 3.8) is 0 Å². The van der Waals surface area contributed by atoms with Gasteiger partial charge in [-0.2, -0.15) is 0 Å². The van der Waals surface area contributed by atoms with Gasteiger partial charge in [0.15, 0.2) is 0 Å². The van der Waals surface area contributed by atoms with Crippen LogP contribution >= 0.6 is 12.4 Å². The number of carbonyl (C=O) groups is 2. The number of nitrogens with zero attached hydrogens (tertiary/aromatic N) is 4. The second-order valence-electron chi connectivity index (χ2n) is 7.45. The molecule has 8 nitrogen and oxygen atoms in total. The number of aryl methyl sites for hydroxylation is 1. The smallest absolute Gasteiger partial charge is 0.325 e.